The zero-order valence-electron chi connectivity index (χ0n) is 15.8. The van der Waals surface area contributed by atoms with Gasteiger partial charge in [0.1, 0.15) is 5.82 Å². The largest absolute Gasteiger partial charge is 0.357 e. The summed E-state index contributed by atoms with van der Waals surface area (Å²) in [4.78, 5) is 19.0. The van der Waals surface area contributed by atoms with Crippen LogP contribution in [-0.4, -0.2) is 24.0 Å². The summed E-state index contributed by atoms with van der Waals surface area (Å²) < 4.78 is 0. The van der Waals surface area contributed by atoms with Crippen LogP contribution in [0.3, 0.4) is 0 Å². The molecule has 3 rings (SSSR count). The third-order valence-electron chi connectivity index (χ3n) is 4.56. The van der Waals surface area contributed by atoms with E-state index in [0.717, 1.165) is 44.0 Å². The van der Waals surface area contributed by atoms with Crippen molar-refractivity contribution in [2.24, 2.45) is 0 Å². The number of anilines is 1. The second kappa shape index (κ2) is 11.1. The molecule has 0 bridgehead atoms. The van der Waals surface area contributed by atoms with Gasteiger partial charge in [-0.1, -0.05) is 25.1 Å². The van der Waals surface area contributed by atoms with Crippen LogP contribution in [0.5, 0.6) is 0 Å². The molecule has 0 atom stereocenters. The Bertz CT molecular complexity index is 737. The van der Waals surface area contributed by atoms with Gasteiger partial charge in [0.25, 0.3) is 5.91 Å². The Morgan fingerprint density at radius 1 is 1.15 bits per heavy atom. The van der Waals surface area contributed by atoms with Gasteiger partial charge in [-0.25, -0.2) is 4.98 Å². The number of aromatic nitrogens is 1. The van der Waals surface area contributed by atoms with E-state index >= 15 is 0 Å². The van der Waals surface area contributed by atoms with Gasteiger partial charge >= 0.3 is 0 Å². The minimum atomic E-state index is -0.0868. The number of amides is 1. The summed E-state index contributed by atoms with van der Waals surface area (Å²) in [6, 6.07) is 10.2. The lowest BCUT2D eigenvalue weighted by Crippen LogP contribution is -2.25. The maximum absolute atomic E-state index is 12.4. The second-order valence-electron chi connectivity index (χ2n) is 6.37. The number of benzene rings is 1. The first-order chi connectivity index (χ1) is 12.2. The Morgan fingerprint density at radius 3 is 2.59 bits per heavy atom. The van der Waals surface area contributed by atoms with Crippen LogP contribution in [0.1, 0.15) is 47.3 Å². The molecular formula is C20H28Cl2N4O. The van der Waals surface area contributed by atoms with Crippen LogP contribution >= 0.6 is 24.8 Å². The lowest BCUT2D eigenvalue weighted by atomic mass is 10.1. The number of carbonyl (C=O) groups excluding carboxylic acids is 1. The minimum Gasteiger partial charge on any atom is -0.357 e. The molecule has 1 aromatic heterocycles. The third kappa shape index (κ3) is 5.83. The molecule has 2 aromatic rings. The summed E-state index contributed by atoms with van der Waals surface area (Å²) in [5, 5.41) is 6.32. The average Bonchev–Trinajstić information content (AvgIpc) is 3.12. The van der Waals surface area contributed by atoms with Gasteiger partial charge in [-0.05, 0) is 42.2 Å². The fourth-order valence-electron chi connectivity index (χ4n) is 3.15. The maximum Gasteiger partial charge on any atom is 0.253 e. The van der Waals surface area contributed by atoms with Crippen LogP contribution < -0.4 is 15.5 Å². The number of hydrogen-bond donors (Lipinski definition) is 2. The van der Waals surface area contributed by atoms with Crippen molar-refractivity contribution < 1.29 is 4.79 Å². The Morgan fingerprint density at radius 2 is 1.93 bits per heavy atom. The van der Waals surface area contributed by atoms with Gasteiger partial charge in [0, 0.05) is 38.9 Å². The molecular weight excluding hydrogens is 383 g/mol. The smallest absolute Gasteiger partial charge is 0.253 e. The zero-order chi connectivity index (χ0) is 17.6. The van der Waals surface area contributed by atoms with E-state index in [9.17, 15) is 4.79 Å². The lowest BCUT2D eigenvalue weighted by Gasteiger charge is -2.21. The minimum absolute atomic E-state index is 0. The summed E-state index contributed by atoms with van der Waals surface area (Å²) in [5.41, 5.74) is 4.40. The van der Waals surface area contributed by atoms with Gasteiger partial charge in [-0.15, -0.1) is 24.8 Å². The highest BCUT2D eigenvalue weighted by Crippen LogP contribution is 2.17. The Labute approximate surface area is 173 Å². The fraction of sp³-hybridized carbons (Fsp3) is 0.400. The van der Waals surface area contributed by atoms with E-state index in [1.807, 2.05) is 12.1 Å². The van der Waals surface area contributed by atoms with E-state index in [-0.39, 0.29) is 30.7 Å². The monoisotopic (exact) mass is 410 g/mol. The van der Waals surface area contributed by atoms with Gasteiger partial charge in [0.2, 0.25) is 0 Å². The number of pyridine rings is 1. The first kappa shape index (κ1) is 23.2. The molecule has 1 amide bonds. The summed E-state index contributed by atoms with van der Waals surface area (Å²) in [7, 11) is 0. The van der Waals surface area contributed by atoms with Gasteiger partial charge in [-0.2, -0.15) is 0 Å². The summed E-state index contributed by atoms with van der Waals surface area (Å²) >= 11 is 0. The molecule has 2 N–H and O–H groups in total. The Hall–Kier alpha value is -1.82. The summed E-state index contributed by atoms with van der Waals surface area (Å²) in [6.07, 6.45) is 2.74. The summed E-state index contributed by atoms with van der Waals surface area (Å²) in [6.45, 7) is 8.54. The molecule has 1 aliphatic rings. The first-order valence-corrected chi connectivity index (χ1v) is 9.01. The molecule has 148 valence electrons. The van der Waals surface area contributed by atoms with Gasteiger partial charge in [-0.3, -0.25) is 4.79 Å². The van der Waals surface area contributed by atoms with E-state index in [4.69, 9.17) is 0 Å². The SMILES string of the molecule is CCCN(CC)c1ccc(C(=O)NCc2ccc3c(c2)CNC3)cn1.Cl.Cl. The molecule has 0 saturated heterocycles. The van der Waals surface area contributed by atoms with Gasteiger partial charge < -0.3 is 15.5 Å². The standard InChI is InChI=1S/C20H26N4O.2ClH/c1-3-9-24(4-2)19-8-7-17(14-22-19)20(25)23-11-15-5-6-16-12-21-13-18(16)10-15;;/h5-8,10,14,21H,3-4,9,11-13H2,1-2H3,(H,23,25);2*1H. The predicted octanol–water partition coefficient (Wildman–Crippen LogP) is 3.69. The Kier molecular flexibility index (Phi) is 9.56. The van der Waals surface area contributed by atoms with Crippen molar-refractivity contribution in [2.45, 2.75) is 39.9 Å². The molecule has 7 heteroatoms. The number of carbonyl (C=O) groups is 1. The molecule has 0 saturated carbocycles. The highest BCUT2D eigenvalue weighted by atomic mass is 35.5. The third-order valence-corrected chi connectivity index (χ3v) is 4.56. The number of hydrogen-bond acceptors (Lipinski definition) is 4. The van der Waals surface area contributed by atoms with Crippen molar-refractivity contribution in [3.05, 3.63) is 58.8 Å². The molecule has 0 radical (unpaired) electrons. The van der Waals surface area contributed by atoms with Crippen LogP contribution in [0.15, 0.2) is 36.5 Å². The first-order valence-electron chi connectivity index (χ1n) is 9.01. The Balaban J connectivity index is 0.00000182. The number of halogens is 2. The van der Waals surface area contributed by atoms with E-state index in [1.54, 1.807) is 6.20 Å². The molecule has 1 aliphatic heterocycles. The highest BCUT2D eigenvalue weighted by Gasteiger charge is 2.12. The van der Waals surface area contributed by atoms with Crippen molar-refractivity contribution in [2.75, 3.05) is 18.0 Å². The molecule has 2 heterocycles. The quantitative estimate of drug-likeness (QED) is 0.730. The van der Waals surface area contributed by atoms with E-state index in [1.165, 1.54) is 11.1 Å². The molecule has 1 aromatic carbocycles. The van der Waals surface area contributed by atoms with Crippen molar-refractivity contribution in [1.29, 1.82) is 0 Å². The molecule has 0 aliphatic carbocycles. The van der Waals surface area contributed by atoms with E-state index in [2.05, 4.69) is 52.6 Å². The second-order valence-corrected chi connectivity index (χ2v) is 6.37. The van der Waals surface area contributed by atoms with Crippen molar-refractivity contribution in [1.82, 2.24) is 15.6 Å². The fourth-order valence-corrected chi connectivity index (χ4v) is 3.15. The van der Waals surface area contributed by atoms with E-state index < -0.39 is 0 Å². The topological polar surface area (TPSA) is 57.3 Å². The van der Waals surface area contributed by atoms with Gasteiger partial charge in [0.05, 0.1) is 5.56 Å². The number of fused-ring (bicyclic) bond motifs is 1. The molecule has 27 heavy (non-hydrogen) atoms. The molecule has 0 fully saturated rings. The number of nitrogens with zero attached hydrogens (tertiary/aromatic N) is 2. The number of rotatable bonds is 7. The van der Waals surface area contributed by atoms with Crippen LogP contribution in [0.4, 0.5) is 5.82 Å². The van der Waals surface area contributed by atoms with Crippen molar-refractivity contribution >= 4 is 36.5 Å². The molecule has 5 nitrogen and oxygen atoms in total. The molecule has 0 unspecified atom stereocenters. The van der Waals surface area contributed by atoms with Crippen LogP contribution in [-0.2, 0) is 19.6 Å². The van der Waals surface area contributed by atoms with Crippen LogP contribution in [0.2, 0.25) is 0 Å². The normalized spacial score (nSPS) is 11.8. The number of nitrogens with one attached hydrogen (secondary N) is 2. The molecule has 0 spiro atoms. The van der Waals surface area contributed by atoms with Crippen LogP contribution in [0, 0.1) is 0 Å². The van der Waals surface area contributed by atoms with Gasteiger partial charge in [0.15, 0.2) is 0 Å². The summed E-state index contributed by atoms with van der Waals surface area (Å²) in [5.74, 6) is 0.836. The highest BCUT2D eigenvalue weighted by molar-refractivity contribution is 5.94. The average molecular weight is 411 g/mol. The van der Waals surface area contributed by atoms with E-state index in [0.29, 0.717) is 12.1 Å². The maximum atomic E-state index is 12.4. The predicted molar refractivity (Wildman–Crippen MR) is 115 cm³/mol. The van der Waals surface area contributed by atoms with Crippen LogP contribution in [0.25, 0.3) is 0 Å². The lowest BCUT2D eigenvalue weighted by molar-refractivity contribution is 0.0950. The van der Waals surface area contributed by atoms with Crippen molar-refractivity contribution in [3.63, 3.8) is 0 Å². The van der Waals surface area contributed by atoms with Crippen molar-refractivity contribution in [3.8, 4) is 0 Å². The zero-order valence-corrected chi connectivity index (χ0v) is 17.5.